The first-order valence-electron chi connectivity index (χ1n) is 9.30. The number of nitrogens with zero attached hydrogens (tertiary/aromatic N) is 2. The van der Waals surface area contributed by atoms with Crippen LogP contribution in [-0.4, -0.2) is 35.4 Å². The summed E-state index contributed by atoms with van der Waals surface area (Å²) in [5.41, 5.74) is 2.20. The topological polar surface area (TPSA) is 58.4 Å². The molecule has 1 saturated heterocycles. The Morgan fingerprint density at radius 2 is 2.15 bits per heavy atom. The van der Waals surface area contributed by atoms with Gasteiger partial charge in [-0.3, -0.25) is 4.79 Å². The number of likely N-dealkylation sites (tertiary alicyclic amines) is 1. The quantitative estimate of drug-likeness (QED) is 0.735. The summed E-state index contributed by atoms with van der Waals surface area (Å²) in [5, 5.41) is 2.75. The van der Waals surface area contributed by atoms with E-state index in [1.165, 1.54) is 12.1 Å². The van der Waals surface area contributed by atoms with E-state index in [1.807, 2.05) is 24.3 Å². The van der Waals surface area contributed by atoms with Crippen LogP contribution in [0.2, 0.25) is 0 Å². The minimum atomic E-state index is -0.356. The Morgan fingerprint density at radius 3 is 3.00 bits per heavy atom. The van der Waals surface area contributed by atoms with Crippen molar-refractivity contribution in [2.75, 3.05) is 25.0 Å². The highest BCUT2D eigenvalue weighted by Crippen LogP contribution is 2.29. The van der Waals surface area contributed by atoms with Crippen LogP contribution in [0.3, 0.4) is 0 Å². The maximum absolute atomic E-state index is 13.2. The molecule has 140 valence electrons. The Bertz CT molecular complexity index is 907. The number of carbonyl (C=O) groups excluding carboxylic acids is 1. The molecular formula is C21H22FN3O2. The van der Waals surface area contributed by atoms with E-state index in [4.69, 9.17) is 4.42 Å². The Hall–Kier alpha value is -2.73. The van der Waals surface area contributed by atoms with Crippen LogP contribution in [0.4, 0.5) is 10.1 Å². The van der Waals surface area contributed by atoms with Crippen LogP contribution in [-0.2, 0) is 4.79 Å². The summed E-state index contributed by atoms with van der Waals surface area (Å²) in [7, 11) is 0. The Balaban J connectivity index is 1.32. The van der Waals surface area contributed by atoms with Crippen molar-refractivity contribution >= 4 is 22.7 Å². The molecule has 0 bridgehead atoms. The number of rotatable bonds is 5. The predicted octanol–water partition coefficient (Wildman–Crippen LogP) is 4.18. The molecule has 2 aromatic carbocycles. The van der Waals surface area contributed by atoms with Gasteiger partial charge < -0.3 is 14.6 Å². The summed E-state index contributed by atoms with van der Waals surface area (Å²) < 4.78 is 19.1. The van der Waals surface area contributed by atoms with Gasteiger partial charge in [-0.05, 0) is 49.7 Å². The Labute approximate surface area is 157 Å². The normalized spacial score (nSPS) is 17.9. The van der Waals surface area contributed by atoms with Gasteiger partial charge in [-0.25, -0.2) is 9.37 Å². The number of anilines is 1. The largest absolute Gasteiger partial charge is 0.440 e. The Morgan fingerprint density at radius 1 is 1.26 bits per heavy atom. The van der Waals surface area contributed by atoms with Crippen LogP contribution in [0.25, 0.3) is 11.1 Å². The summed E-state index contributed by atoms with van der Waals surface area (Å²) in [6, 6.07) is 13.7. The molecule has 0 spiro atoms. The molecule has 1 amide bonds. The van der Waals surface area contributed by atoms with Crippen molar-refractivity contribution in [3.05, 3.63) is 60.2 Å². The summed E-state index contributed by atoms with van der Waals surface area (Å²) in [6.45, 7) is 2.46. The van der Waals surface area contributed by atoms with Crippen molar-refractivity contribution in [2.24, 2.45) is 0 Å². The van der Waals surface area contributed by atoms with Crippen LogP contribution in [0.5, 0.6) is 0 Å². The lowest BCUT2D eigenvalue weighted by Crippen LogP contribution is -2.36. The van der Waals surface area contributed by atoms with Gasteiger partial charge in [0.1, 0.15) is 11.3 Å². The number of carbonyl (C=O) groups is 1. The smallest absolute Gasteiger partial charge is 0.225 e. The van der Waals surface area contributed by atoms with Crippen molar-refractivity contribution in [1.29, 1.82) is 0 Å². The number of para-hydroxylation sites is 2. The standard InChI is InChI=1S/C21H22FN3O2/c22-16-6-3-7-17(13-16)23-20(26)10-12-25-11-4-5-15(14-25)21-24-18-8-1-2-9-19(18)27-21/h1-3,6-9,13,15H,4-5,10-12,14H2,(H,23,26)/t15-/m0/s1. The van der Waals surface area contributed by atoms with Gasteiger partial charge in [0, 0.05) is 31.1 Å². The minimum Gasteiger partial charge on any atom is -0.440 e. The highest BCUT2D eigenvalue weighted by Gasteiger charge is 2.25. The van der Waals surface area contributed by atoms with E-state index in [0.717, 1.165) is 42.9 Å². The highest BCUT2D eigenvalue weighted by atomic mass is 19.1. The van der Waals surface area contributed by atoms with Crippen molar-refractivity contribution in [2.45, 2.75) is 25.2 Å². The third kappa shape index (κ3) is 4.34. The molecule has 0 radical (unpaired) electrons. The molecule has 1 fully saturated rings. The summed E-state index contributed by atoms with van der Waals surface area (Å²) in [5.74, 6) is 0.567. The zero-order valence-electron chi connectivity index (χ0n) is 15.0. The van der Waals surface area contributed by atoms with E-state index >= 15 is 0 Å². The maximum atomic E-state index is 13.2. The summed E-state index contributed by atoms with van der Waals surface area (Å²) in [6.07, 6.45) is 2.46. The van der Waals surface area contributed by atoms with Crippen molar-refractivity contribution in [3.8, 4) is 0 Å². The van der Waals surface area contributed by atoms with E-state index < -0.39 is 0 Å². The average molecular weight is 367 g/mol. The van der Waals surface area contributed by atoms with Gasteiger partial charge >= 0.3 is 0 Å². The number of hydrogen-bond donors (Lipinski definition) is 1. The lowest BCUT2D eigenvalue weighted by Gasteiger charge is -2.30. The van der Waals surface area contributed by atoms with Crippen LogP contribution in [0.1, 0.15) is 31.1 Å². The molecule has 1 atom stereocenters. The predicted molar refractivity (Wildman–Crippen MR) is 102 cm³/mol. The fraction of sp³-hybridized carbons (Fsp3) is 0.333. The molecule has 0 unspecified atom stereocenters. The van der Waals surface area contributed by atoms with Crippen molar-refractivity contribution in [1.82, 2.24) is 9.88 Å². The second kappa shape index (κ2) is 7.88. The first kappa shape index (κ1) is 17.7. The summed E-state index contributed by atoms with van der Waals surface area (Å²) >= 11 is 0. The second-order valence-electron chi connectivity index (χ2n) is 6.97. The molecule has 3 aromatic rings. The van der Waals surface area contributed by atoms with E-state index in [9.17, 15) is 9.18 Å². The molecule has 1 N–H and O–H groups in total. The number of amides is 1. The first-order valence-corrected chi connectivity index (χ1v) is 9.30. The molecule has 2 heterocycles. The lowest BCUT2D eigenvalue weighted by atomic mass is 9.98. The van der Waals surface area contributed by atoms with E-state index in [-0.39, 0.29) is 17.6 Å². The summed E-state index contributed by atoms with van der Waals surface area (Å²) in [4.78, 5) is 19.0. The first-order chi connectivity index (χ1) is 13.2. The molecule has 5 nitrogen and oxygen atoms in total. The van der Waals surface area contributed by atoms with Gasteiger partial charge in [0.25, 0.3) is 0 Å². The van der Waals surface area contributed by atoms with E-state index in [0.29, 0.717) is 18.7 Å². The molecule has 1 aliphatic rings. The van der Waals surface area contributed by atoms with Crippen molar-refractivity contribution < 1.29 is 13.6 Å². The second-order valence-corrected chi connectivity index (χ2v) is 6.97. The lowest BCUT2D eigenvalue weighted by molar-refractivity contribution is -0.116. The van der Waals surface area contributed by atoms with Gasteiger partial charge in [0.15, 0.2) is 11.5 Å². The molecule has 4 rings (SSSR count). The van der Waals surface area contributed by atoms with Crippen LogP contribution >= 0.6 is 0 Å². The minimum absolute atomic E-state index is 0.107. The molecule has 1 aromatic heterocycles. The highest BCUT2D eigenvalue weighted by molar-refractivity contribution is 5.90. The molecular weight excluding hydrogens is 345 g/mol. The molecule has 0 aliphatic carbocycles. The Kier molecular flexibility index (Phi) is 5.16. The third-order valence-electron chi connectivity index (χ3n) is 4.93. The van der Waals surface area contributed by atoms with Gasteiger partial charge in [-0.15, -0.1) is 0 Å². The molecule has 1 aliphatic heterocycles. The SMILES string of the molecule is O=C(CCN1CCC[C@H](c2nc3ccccc3o2)C1)Nc1cccc(F)c1. The van der Waals surface area contributed by atoms with Gasteiger partial charge in [0.2, 0.25) is 5.91 Å². The number of halogens is 1. The average Bonchev–Trinajstić information content (AvgIpc) is 3.11. The van der Waals surface area contributed by atoms with Crippen LogP contribution < -0.4 is 5.32 Å². The monoisotopic (exact) mass is 367 g/mol. The molecule has 0 saturated carbocycles. The van der Waals surface area contributed by atoms with E-state index in [2.05, 4.69) is 15.2 Å². The number of hydrogen-bond acceptors (Lipinski definition) is 4. The molecule has 27 heavy (non-hydrogen) atoms. The van der Waals surface area contributed by atoms with Gasteiger partial charge in [0.05, 0.1) is 0 Å². The number of oxazole rings is 1. The number of nitrogens with one attached hydrogen (secondary N) is 1. The zero-order chi connectivity index (χ0) is 18.6. The number of aromatic nitrogens is 1. The maximum Gasteiger partial charge on any atom is 0.225 e. The molecule has 6 heteroatoms. The fourth-order valence-corrected chi connectivity index (χ4v) is 3.57. The number of fused-ring (bicyclic) bond motifs is 1. The zero-order valence-corrected chi connectivity index (χ0v) is 15.0. The van der Waals surface area contributed by atoms with Gasteiger partial charge in [-0.1, -0.05) is 18.2 Å². The number of piperidine rings is 1. The van der Waals surface area contributed by atoms with Crippen molar-refractivity contribution in [3.63, 3.8) is 0 Å². The van der Waals surface area contributed by atoms with Gasteiger partial charge in [-0.2, -0.15) is 0 Å². The van der Waals surface area contributed by atoms with Crippen LogP contribution in [0, 0.1) is 5.82 Å². The number of benzene rings is 2. The fourth-order valence-electron chi connectivity index (χ4n) is 3.57. The van der Waals surface area contributed by atoms with Crippen LogP contribution in [0.15, 0.2) is 52.9 Å². The van der Waals surface area contributed by atoms with E-state index in [1.54, 1.807) is 12.1 Å². The third-order valence-corrected chi connectivity index (χ3v) is 4.93.